The van der Waals surface area contributed by atoms with Gasteiger partial charge in [0.1, 0.15) is 0 Å². The van der Waals surface area contributed by atoms with Crippen LogP contribution in [-0.4, -0.2) is 49.4 Å². The van der Waals surface area contributed by atoms with Crippen LogP contribution in [-0.2, 0) is 14.8 Å². The lowest BCUT2D eigenvalue weighted by molar-refractivity contribution is -0.130. The molecule has 0 N–H and O–H groups in total. The molecule has 1 aromatic rings. The summed E-state index contributed by atoms with van der Waals surface area (Å²) in [4.78, 5) is 14.0. The number of carbonyl (C=O) groups is 1. The number of hydrogen-bond acceptors (Lipinski definition) is 3. The molecule has 1 saturated heterocycles. The molecular weight excluding hydrogens is 288 g/mol. The van der Waals surface area contributed by atoms with Gasteiger partial charge in [0, 0.05) is 19.1 Å². The van der Waals surface area contributed by atoms with Crippen LogP contribution in [0.15, 0.2) is 30.3 Å². The molecule has 2 rings (SSSR count). The van der Waals surface area contributed by atoms with Gasteiger partial charge in [0.15, 0.2) is 0 Å². The van der Waals surface area contributed by atoms with Crippen molar-refractivity contribution >= 4 is 15.9 Å². The fourth-order valence-electron chi connectivity index (χ4n) is 2.64. The second-order valence-corrected chi connectivity index (χ2v) is 7.42. The number of sulfonamides is 1. The minimum absolute atomic E-state index is 0.0884. The average molecular weight is 310 g/mol. The first-order valence-electron chi connectivity index (χ1n) is 7.19. The molecule has 1 heterocycles. The van der Waals surface area contributed by atoms with Gasteiger partial charge in [-0.15, -0.1) is 0 Å². The summed E-state index contributed by atoms with van der Waals surface area (Å²) in [6, 6.07) is 9.03. The van der Waals surface area contributed by atoms with Crippen molar-refractivity contribution in [3.05, 3.63) is 35.9 Å². The second-order valence-electron chi connectivity index (χ2n) is 5.48. The molecule has 1 fully saturated rings. The van der Waals surface area contributed by atoms with Crippen molar-refractivity contribution in [1.82, 2.24) is 9.21 Å². The van der Waals surface area contributed by atoms with E-state index < -0.39 is 10.0 Å². The molecule has 116 valence electrons. The number of likely N-dealkylation sites (tertiary alicyclic amines) is 1. The Morgan fingerprint density at radius 2 is 1.81 bits per heavy atom. The molecule has 6 heteroatoms. The van der Waals surface area contributed by atoms with Gasteiger partial charge >= 0.3 is 0 Å². The van der Waals surface area contributed by atoms with E-state index in [1.165, 1.54) is 4.31 Å². The third-order valence-electron chi connectivity index (χ3n) is 3.89. The van der Waals surface area contributed by atoms with Gasteiger partial charge in [-0.05, 0) is 25.3 Å². The van der Waals surface area contributed by atoms with Crippen LogP contribution in [0, 0.1) is 0 Å². The quantitative estimate of drug-likeness (QED) is 0.830. The van der Waals surface area contributed by atoms with Crippen molar-refractivity contribution < 1.29 is 13.2 Å². The van der Waals surface area contributed by atoms with Gasteiger partial charge < -0.3 is 4.90 Å². The molecule has 1 amide bonds. The highest BCUT2D eigenvalue weighted by Gasteiger charge is 2.29. The van der Waals surface area contributed by atoms with E-state index in [0.29, 0.717) is 0 Å². The van der Waals surface area contributed by atoms with E-state index in [1.54, 1.807) is 4.90 Å². The number of hydrogen-bond donors (Lipinski definition) is 0. The Kier molecular flexibility index (Phi) is 5.00. The third kappa shape index (κ3) is 4.04. The summed E-state index contributed by atoms with van der Waals surface area (Å²) in [5.74, 6) is -0.110. The standard InChI is InChI=1S/C15H22N2O3S/c1-13(14-8-4-3-5-9-14)17(21(2,19)20)12-15(18)16-10-6-7-11-16/h3-5,8-9,13H,6-7,10-12H2,1-2H3. The van der Waals surface area contributed by atoms with Gasteiger partial charge in [-0.2, -0.15) is 4.31 Å². The number of amides is 1. The largest absolute Gasteiger partial charge is 0.342 e. The molecule has 0 bridgehead atoms. The molecule has 1 unspecified atom stereocenters. The van der Waals surface area contributed by atoms with Crippen LogP contribution in [0.25, 0.3) is 0 Å². The van der Waals surface area contributed by atoms with Gasteiger partial charge in [-0.1, -0.05) is 30.3 Å². The van der Waals surface area contributed by atoms with E-state index in [0.717, 1.165) is 37.8 Å². The molecule has 0 radical (unpaired) electrons. The lowest BCUT2D eigenvalue weighted by Crippen LogP contribution is -2.42. The summed E-state index contributed by atoms with van der Waals surface area (Å²) < 4.78 is 25.4. The van der Waals surface area contributed by atoms with Gasteiger partial charge in [0.25, 0.3) is 0 Å². The highest BCUT2D eigenvalue weighted by Crippen LogP contribution is 2.23. The topological polar surface area (TPSA) is 57.7 Å². The van der Waals surface area contributed by atoms with Crippen molar-refractivity contribution in [3.63, 3.8) is 0 Å². The third-order valence-corrected chi connectivity index (χ3v) is 5.19. The first-order chi connectivity index (χ1) is 9.89. The zero-order chi connectivity index (χ0) is 15.5. The molecule has 21 heavy (non-hydrogen) atoms. The molecular formula is C15H22N2O3S. The average Bonchev–Trinajstić information content (AvgIpc) is 2.98. The summed E-state index contributed by atoms with van der Waals surface area (Å²) in [5.41, 5.74) is 0.886. The van der Waals surface area contributed by atoms with Crippen LogP contribution >= 0.6 is 0 Å². The predicted octanol–water partition coefficient (Wildman–Crippen LogP) is 1.63. The SMILES string of the molecule is CC(c1ccccc1)N(CC(=O)N1CCCC1)S(C)(=O)=O. The molecule has 1 aromatic carbocycles. The summed E-state index contributed by atoms with van der Waals surface area (Å²) in [6.45, 7) is 3.19. The normalized spacial score (nSPS) is 17.2. The summed E-state index contributed by atoms with van der Waals surface area (Å²) in [5, 5.41) is 0. The van der Waals surface area contributed by atoms with Crippen LogP contribution in [0.5, 0.6) is 0 Å². The Hall–Kier alpha value is -1.40. The number of nitrogens with zero attached hydrogens (tertiary/aromatic N) is 2. The summed E-state index contributed by atoms with van der Waals surface area (Å²) in [6.07, 6.45) is 3.15. The maximum Gasteiger partial charge on any atom is 0.237 e. The van der Waals surface area contributed by atoms with Gasteiger partial charge in [0.05, 0.1) is 12.8 Å². The first-order valence-corrected chi connectivity index (χ1v) is 9.04. The first kappa shape index (κ1) is 16.0. The van der Waals surface area contributed by atoms with E-state index in [9.17, 15) is 13.2 Å². The van der Waals surface area contributed by atoms with Crippen molar-refractivity contribution in [2.24, 2.45) is 0 Å². The zero-order valence-electron chi connectivity index (χ0n) is 12.5. The minimum Gasteiger partial charge on any atom is -0.342 e. The van der Waals surface area contributed by atoms with Crippen molar-refractivity contribution in [1.29, 1.82) is 0 Å². The highest BCUT2D eigenvalue weighted by molar-refractivity contribution is 7.88. The Bertz CT molecular complexity index is 580. The molecule has 0 spiro atoms. The Morgan fingerprint density at radius 3 is 2.33 bits per heavy atom. The van der Waals surface area contributed by atoms with Gasteiger partial charge in [0.2, 0.25) is 15.9 Å². The molecule has 1 aliphatic rings. The van der Waals surface area contributed by atoms with E-state index in [-0.39, 0.29) is 18.5 Å². The maximum atomic E-state index is 12.3. The predicted molar refractivity (Wildman–Crippen MR) is 82.2 cm³/mol. The Morgan fingerprint density at radius 1 is 1.24 bits per heavy atom. The smallest absolute Gasteiger partial charge is 0.237 e. The van der Waals surface area contributed by atoms with E-state index in [4.69, 9.17) is 0 Å². The minimum atomic E-state index is -3.45. The number of rotatable bonds is 5. The molecule has 1 atom stereocenters. The van der Waals surface area contributed by atoms with Crippen LogP contribution in [0.4, 0.5) is 0 Å². The number of carbonyl (C=O) groups excluding carboxylic acids is 1. The van der Waals surface area contributed by atoms with E-state index in [2.05, 4.69) is 0 Å². The summed E-state index contributed by atoms with van der Waals surface area (Å²) in [7, 11) is -3.45. The Labute approximate surface area is 126 Å². The molecule has 0 aromatic heterocycles. The van der Waals surface area contributed by atoms with Crippen LogP contribution < -0.4 is 0 Å². The Balaban J connectivity index is 2.17. The maximum absolute atomic E-state index is 12.3. The van der Waals surface area contributed by atoms with Gasteiger partial charge in [-0.25, -0.2) is 8.42 Å². The fourth-order valence-corrected chi connectivity index (χ4v) is 3.68. The second kappa shape index (κ2) is 6.58. The lowest BCUT2D eigenvalue weighted by Gasteiger charge is -2.28. The molecule has 0 saturated carbocycles. The van der Waals surface area contributed by atoms with Gasteiger partial charge in [-0.3, -0.25) is 4.79 Å². The van der Waals surface area contributed by atoms with Crippen LogP contribution in [0.3, 0.4) is 0 Å². The molecule has 1 aliphatic heterocycles. The zero-order valence-corrected chi connectivity index (χ0v) is 13.3. The molecule has 5 nitrogen and oxygen atoms in total. The van der Waals surface area contributed by atoms with E-state index >= 15 is 0 Å². The van der Waals surface area contributed by atoms with Crippen LogP contribution in [0.2, 0.25) is 0 Å². The lowest BCUT2D eigenvalue weighted by atomic mass is 10.1. The van der Waals surface area contributed by atoms with Crippen LogP contribution in [0.1, 0.15) is 31.4 Å². The van der Waals surface area contributed by atoms with Crippen molar-refractivity contribution in [2.75, 3.05) is 25.9 Å². The van der Waals surface area contributed by atoms with Crippen molar-refractivity contribution in [3.8, 4) is 0 Å². The number of benzene rings is 1. The molecule has 0 aliphatic carbocycles. The highest BCUT2D eigenvalue weighted by atomic mass is 32.2. The monoisotopic (exact) mass is 310 g/mol. The van der Waals surface area contributed by atoms with E-state index in [1.807, 2.05) is 37.3 Å². The van der Waals surface area contributed by atoms with Crippen molar-refractivity contribution in [2.45, 2.75) is 25.8 Å². The summed E-state index contributed by atoms with van der Waals surface area (Å²) >= 11 is 0. The fraction of sp³-hybridized carbons (Fsp3) is 0.533.